The summed E-state index contributed by atoms with van der Waals surface area (Å²) in [5.41, 5.74) is 0.240. The molecule has 0 spiro atoms. The number of nitriles is 1. The summed E-state index contributed by atoms with van der Waals surface area (Å²) in [4.78, 5) is 13.3. The molecular formula is C26H32FN5O3. The normalized spacial score (nSPS) is 22.1. The number of hydrogen-bond acceptors (Lipinski definition) is 7. The van der Waals surface area contributed by atoms with Crippen molar-refractivity contribution in [2.24, 2.45) is 10.9 Å². The highest BCUT2D eigenvalue weighted by atomic mass is 19.1. The minimum Gasteiger partial charge on any atom is -0.483 e. The second-order valence-electron chi connectivity index (χ2n) is 8.90. The van der Waals surface area contributed by atoms with Crippen LogP contribution >= 0.6 is 0 Å². The van der Waals surface area contributed by atoms with Gasteiger partial charge in [0.25, 0.3) is 0 Å². The molecule has 2 fully saturated rings. The topological polar surface area (TPSA) is 102 Å². The van der Waals surface area contributed by atoms with Crippen LogP contribution in [0.2, 0.25) is 0 Å². The van der Waals surface area contributed by atoms with Crippen molar-refractivity contribution in [2.45, 2.75) is 64.3 Å². The molecule has 35 heavy (non-hydrogen) atoms. The summed E-state index contributed by atoms with van der Waals surface area (Å²) in [5.74, 6) is 2.04. The number of halogens is 1. The number of nitrogens with one attached hydrogen (secondary N) is 1. The van der Waals surface area contributed by atoms with Gasteiger partial charge in [0, 0.05) is 38.4 Å². The molecule has 8 nitrogen and oxygen atoms in total. The van der Waals surface area contributed by atoms with Gasteiger partial charge >= 0.3 is 0 Å². The number of ether oxygens (including phenoxy) is 3. The number of nitrogens with zero attached hydrogens (tertiary/aromatic N) is 4. The van der Waals surface area contributed by atoms with Crippen LogP contribution in [-0.4, -0.2) is 47.7 Å². The molecular weight excluding hydrogens is 449 g/mol. The van der Waals surface area contributed by atoms with Crippen LogP contribution < -0.4 is 14.8 Å². The smallest absolute Gasteiger partial charge is 0.216 e. The molecule has 1 saturated heterocycles. The van der Waals surface area contributed by atoms with Gasteiger partial charge < -0.3 is 19.5 Å². The first-order valence-corrected chi connectivity index (χ1v) is 12.3. The minimum absolute atomic E-state index is 0.00516. The summed E-state index contributed by atoms with van der Waals surface area (Å²) in [6, 6.07) is 7.70. The van der Waals surface area contributed by atoms with Crippen molar-refractivity contribution in [3.05, 3.63) is 47.7 Å². The summed E-state index contributed by atoms with van der Waals surface area (Å²) >= 11 is 0. The molecule has 1 aromatic heterocycles. The molecule has 1 saturated carbocycles. The number of rotatable bonds is 10. The summed E-state index contributed by atoms with van der Waals surface area (Å²) in [7, 11) is 0. The molecule has 0 bridgehead atoms. The van der Waals surface area contributed by atoms with Gasteiger partial charge in [-0.3, -0.25) is 4.99 Å². The standard InChI is InChI=1S/C26H32FN5O3/c1-2-29-24(31-16-21-10-12-33-21)14-18-3-6-20(7-4-18)35-26-9-11-30-25(32-26)17-34-23-8-5-19(15-28)13-22(23)27/h5,8-9,11,13,18,20-21H,2-4,6-7,10,12,14,16-17H2,1H3,(H,29,31)/t18-,20+,21-/m0/s1. The molecule has 1 N–H and O–H groups in total. The molecule has 2 heterocycles. The van der Waals surface area contributed by atoms with Gasteiger partial charge in [-0.05, 0) is 63.1 Å². The summed E-state index contributed by atoms with van der Waals surface area (Å²) in [6.45, 7) is 4.56. The van der Waals surface area contributed by atoms with E-state index in [4.69, 9.17) is 19.5 Å². The first-order valence-electron chi connectivity index (χ1n) is 12.3. The molecule has 0 amide bonds. The van der Waals surface area contributed by atoms with Gasteiger partial charge in [0.2, 0.25) is 5.88 Å². The molecule has 2 aliphatic rings. The lowest BCUT2D eigenvalue weighted by Crippen LogP contribution is -2.40. The number of hydrogen-bond donors (Lipinski definition) is 1. The van der Waals surface area contributed by atoms with Crippen molar-refractivity contribution in [3.8, 4) is 17.7 Å². The third kappa shape index (κ3) is 7.36. The Morgan fingerprint density at radius 3 is 2.77 bits per heavy atom. The van der Waals surface area contributed by atoms with Crippen molar-refractivity contribution in [2.75, 3.05) is 19.7 Å². The van der Waals surface area contributed by atoms with Crippen molar-refractivity contribution in [1.82, 2.24) is 15.3 Å². The van der Waals surface area contributed by atoms with E-state index >= 15 is 0 Å². The van der Waals surface area contributed by atoms with E-state index in [-0.39, 0.29) is 24.0 Å². The molecule has 1 aliphatic carbocycles. The van der Waals surface area contributed by atoms with E-state index < -0.39 is 5.82 Å². The number of aliphatic imine (C=N–C) groups is 1. The Kier molecular flexibility index (Phi) is 8.85. The Hall–Kier alpha value is -3.25. The maximum absolute atomic E-state index is 14.0. The van der Waals surface area contributed by atoms with E-state index in [9.17, 15) is 4.39 Å². The molecule has 2 aromatic rings. The van der Waals surface area contributed by atoms with Gasteiger partial charge in [0.15, 0.2) is 17.4 Å². The average molecular weight is 482 g/mol. The SMILES string of the molecule is CC/N=C(/C[C@H]1CC[C@@H](Oc2ccnc(COc3ccc(C#N)cc3F)n2)CC1)NC[C@@H]1CCO1. The van der Waals surface area contributed by atoms with Crippen molar-refractivity contribution >= 4 is 5.84 Å². The number of benzene rings is 1. The Balaban J connectivity index is 1.23. The fourth-order valence-corrected chi connectivity index (χ4v) is 4.30. The van der Waals surface area contributed by atoms with Crippen LogP contribution in [0.5, 0.6) is 11.6 Å². The van der Waals surface area contributed by atoms with E-state index in [1.165, 1.54) is 12.1 Å². The third-order valence-corrected chi connectivity index (χ3v) is 6.34. The predicted molar refractivity (Wildman–Crippen MR) is 129 cm³/mol. The fourth-order valence-electron chi connectivity index (χ4n) is 4.30. The van der Waals surface area contributed by atoms with Gasteiger partial charge in [-0.2, -0.15) is 10.2 Å². The zero-order valence-electron chi connectivity index (χ0n) is 20.1. The zero-order valence-corrected chi connectivity index (χ0v) is 20.1. The summed E-state index contributed by atoms with van der Waals surface area (Å²) in [5, 5.41) is 12.3. The molecule has 0 unspecified atom stereocenters. The van der Waals surface area contributed by atoms with Gasteiger partial charge in [0.1, 0.15) is 12.7 Å². The largest absolute Gasteiger partial charge is 0.483 e. The maximum Gasteiger partial charge on any atom is 0.216 e. The highest BCUT2D eigenvalue weighted by Gasteiger charge is 2.25. The average Bonchev–Trinajstić information content (AvgIpc) is 2.84. The maximum atomic E-state index is 14.0. The summed E-state index contributed by atoms with van der Waals surface area (Å²) in [6.07, 6.45) is 8.21. The minimum atomic E-state index is -0.591. The predicted octanol–water partition coefficient (Wildman–Crippen LogP) is 4.19. The van der Waals surface area contributed by atoms with Crippen LogP contribution in [0.25, 0.3) is 0 Å². The zero-order chi connectivity index (χ0) is 24.5. The lowest BCUT2D eigenvalue weighted by molar-refractivity contribution is -0.0460. The van der Waals surface area contributed by atoms with E-state index in [0.717, 1.165) is 70.1 Å². The molecule has 4 rings (SSSR count). The molecule has 0 radical (unpaired) electrons. The second kappa shape index (κ2) is 12.5. The summed E-state index contributed by atoms with van der Waals surface area (Å²) < 4.78 is 31.1. The lowest BCUT2D eigenvalue weighted by Gasteiger charge is -2.30. The van der Waals surface area contributed by atoms with Gasteiger partial charge in [0.05, 0.1) is 23.6 Å². The lowest BCUT2D eigenvalue weighted by atomic mass is 9.85. The Bertz CT molecular complexity index is 1050. The number of aromatic nitrogens is 2. The molecule has 9 heteroatoms. The molecule has 186 valence electrons. The quantitative estimate of drug-likeness (QED) is 0.401. The first kappa shape index (κ1) is 24.9. The van der Waals surface area contributed by atoms with Crippen LogP contribution in [0.1, 0.15) is 56.8 Å². The molecule has 1 atom stereocenters. The fraction of sp³-hybridized carbons (Fsp3) is 0.538. The van der Waals surface area contributed by atoms with E-state index in [1.54, 1.807) is 12.3 Å². The highest BCUT2D eigenvalue weighted by molar-refractivity contribution is 5.82. The van der Waals surface area contributed by atoms with Crippen LogP contribution in [0.4, 0.5) is 4.39 Å². The van der Waals surface area contributed by atoms with Gasteiger partial charge in [-0.1, -0.05) is 0 Å². The molecule has 1 aliphatic heterocycles. The van der Waals surface area contributed by atoms with Crippen LogP contribution in [0, 0.1) is 23.1 Å². The molecule has 1 aromatic carbocycles. The van der Waals surface area contributed by atoms with Crippen molar-refractivity contribution < 1.29 is 18.6 Å². The van der Waals surface area contributed by atoms with Crippen LogP contribution in [-0.2, 0) is 11.3 Å². The van der Waals surface area contributed by atoms with E-state index in [0.29, 0.717) is 23.7 Å². The van der Waals surface area contributed by atoms with E-state index in [2.05, 4.69) is 27.2 Å². The Morgan fingerprint density at radius 2 is 2.09 bits per heavy atom. The Labute approximate surface area is 205 Å². The monoisotopic (exact) mass is 481 g/mol. The highest BCUT2D eigenvalue weighted by Crippen LogP contribution is 2.29. The van der Waals surface area contributed by atoms with Crippen molar-refractivity contribution in [1.29, 1.82) is 5.26 Å². The van der Waals surface area contributed by atoms with Crippen molar-refractivity contribution in [3.63, 3.8) is 0 Å². The Morgan fingerprint density at radius 1 is 1.26 bits per heavy atom. The van der Waals surface area contributed by atoms with Crippen LogP contribution in [0.3, 0.4) is 0 Å². The third-order valence-electron chi connectivity index (χ3n) is 6.34. The van der Waals surface area contributed by atoms with Gasteiger partial charge in [-0.25, -0.2) is 9.37 Å². The van der Waals surface area contributed by atoms with E-state index in [1.807, 2.05) is 6.07 Å². The van der Waals surface area contributed by atoms with Crippen LogP contribution in [0.15, 0.2) is 35.5 Å². The van der Waals surface area contributed by atoms with Gasteiger partial charge in [-0.15, -0.1) is 0 Å². The first-order chi connectivity index (χ1) is 17.1. The second-order valence-corrected chi connectivity index (χ2v) is 8.90. The number of amidine groups is 1.